The third-order valence-electron chi connectivity index (χ3n) is 4.22. The molecule has 0 spiro atoms. The summed E-state index contributed by atoms with van der Waals surface area (Å²) < 4.78 is 30.4. The number of amides is 2. The Hall–Kier alpha value is -2.09. The molecule has 0 aromatic heterocycles. The van der Waals surface area contributed by atoms with E-state index < -0.39 is 9.84 Å². The first-order chi connectivity index (χ1) is 12.2. The standard InChI is InChI=1S/C18H26N2O5S/c1-14(2)25-16-4-6-17(7-5-16)26(23,24)13-8-18(22)20-11-9-19(10-12-20)15(3)21/h4-7,14H,8-13H2,1-3H3. The van der Waals surface area contributed by atoms with Crippen LogP contribution in [-0.4, -0.2) is 68.1 Å². The van der Waals surface area contributed by atoms with E-state index in [1.54, 1.807) is 21.9 Å². The van der Waals surface area contributed by atoms with Crippen LogP contribution in [0.4, 0.5) is 0 Å². The highest BCUT2D eigenvalue weighted by Gasteiger charge is 2.24. The third kappa shape index (κ3) is 5.45. The maximum atomic E-state index is 12.4. The van der Waals surface area contributed by atoms with Gasteiger partial charge in [0.2, 0.25) is 11.8 Å². The molecule has 144 valence electrons. The fourth-order valence-corrected chi connectivity index (χ4v) is 4.00. The van der Waals surface area contributed by atoms with Crippen molar-refractivity contribution in [3.8, 4) is 5.75 Å². The van der Waals surface area contributed by atoms with Crippen molar-refractivity contribution >= 4 is 21.7 Å². The van der Waals surface area contributed by atoms with Crippen molar-refractivity contribution in [3.05, 3.63) is 24.3 Å². The predicted molar refractivity (Wildman–Crippen MR) is 97.7 cm³/mol. The third-order valence-corrected chi connectivity index (χ3v) is 5.95. The number of rotatable bonds is 6. The van der Waals surface area contributed by atoms with E-state index in [9.17, 15) is 18.0 Å². The highest BCUT2D eigenvalue weighted by molar-refractivity contribution is 7.91. The minimum atomic E-state index is -3.53. The molecule has 0 bridgehead atoms. The Bertz CT molecular complexity index is 735. The summed E-state index contributed by atoms with van der Waals surface area (Å²) in [4.78, 5) is 27.1. The molecule has 0 aliphatic carbocycles. The summed E-state index contributed by atoms with van der Waals surface area (Å²) in [5.41, 5.74) is 0. The van der Waals surface area contributed by atoms with Crippen molar-refractivity contribution in [2.75, 3.05) is 31.9 Å². The maximum absolute atomic E-state index is 12.4. The lowest BCUT2D eigenvalue weighted by molar-refractivity contribution is -0.138. The van der Waals surface area contributed by atoms with Crippen molar-refractivity contribution in [1.29, 1.82) is 0 Å². The lowest BCUT2D eigenvalue weighted by Crippen LogP contribution is -2.50. The van der Waals surface area contributed by atoms with Gasteiger partial charge in [0, 0.05) is 39.5 Å². The minimum Gasteiger partial charge on any atom is -0.491 e. The van der Waals surface area contributed by atoms with Gasteiger partial charge in [-0.05, 0) is 38.1 Å². The smallest absolute Gasteiger partial charge is 0.223 e. The number of carbonyl (C=O) groups is 2. The predicted octanol–water partition coefficient (Wildman–Crippen LogP) is 1.33. The number of sulfone groups is 1. The number of ether oxygens (including phenoxy) is 1. The Morgan fingerprint density at radius 2 is 1.58 bits per heavy atom. The van der Waals surface area contributed by atoms with Crippen molar-refractivity contribution in [2.24, 2.45) is 0 Å². The van der Waals surface area contributed by atoms with Gasteiger partial charge in [0.15, 0.2) is 9.84 Å². The zero-order valence-electron chi connectivity index (χ0n) is 15.5. The van der Waals surface area contributed by atoms with Crippen LogP contribution in [0, 0.1) is 0 Å². The van der Waals surface area contributed by atoms with Gasteiger partial charge >= 0.3 is 0 Å². The molecule has 7 nitrogen and oxygen atoms in total. The molecule has 1 aliphatic rings. The Morgan fingerprint density at radius 3 is 2.08 bits per heavy atom. The van der Waals surface area contributed by atoms with E-state index in [1.165, 1.54) is 19.1 Å². The van der Waals surface area contributed by atoms with Crippen LogP contribution in [0.15, 0.2) is 29.2 Å². The SMILES string of the molecule is CC(=O)N1CCN(C(=O)CCS(=O)(=O)c2ccc(OC(C)C)cc2)CC1. The van der Waals surface area contributed by atoms with Crippen LogP contribution in [0.5, 0.6) is 5.75 Å². The molecule has 1 heterocycles. The van der Waals surface area contributed by atoms with E-state index in [0.29, 0.717) is 31.9 Å². The molecule has 1 saturated heterocycles. The van der Waals surface area contributed by atoms with Crippen molar-refractivity contribution < 1.29 is 22.7 Å². The van der Waals surface area contributed by atoms with Gasteiger partial charge in [-0.3, -0.25) is 9.59 Å². The summed E-state index contributed by atoms with van der Waals surface area (Å²) in [5.74, 6) is 0.169. The summed E-state index contributed by atoms with van der Waals surface area (Å²) in [6.07, 6.45) is -0.0503. The lowest BCUT2D eigenvalue weighted by Gasteiger charge is -2.34. The maximum Gasteiger partial charge on any atom is 0.223 e. The Labute approximate surface area is 154 Å². The largest absolute Gasteiger partial charge is 0.491 e. The van der Waals surface area contributed by atoms with Gasteiger partial charge in [-0.2, -0.15) is 0 Å². The van der Waals surface area contributed by atoms with Crippen LogP contribution in [0.2, 0.25) is 0 Å². The molecule has 0 N–H and O–H groups in total. The van der Waals surface area contributed by atoms with E-state index >= 15 is 0 Å². The van der Waals surface area contributed by atoms with E-state index in [-0.39, 0.29) is 35.0 Å². The number of benzene rings is 1. The molecule has 2 rings (SSSR count). The zero-order valence-corrected chi connectivity index (χ0v) is 16.3. The van der Waals surface area contributed by atoms with Gasteiger partial charge in [0.05, 0.1) is 16.8 Å². The first-order valence-corrected chi connectivity index (χ1v) is 10.4. The summed E-state index contributed by atoms with van der Waals surface area (Å²) in [7, 11) is -3.53. The second-order valence-electron chi connectivity index (χ2n) is 6.59. The molecule has 0 atom stereocenters. The van der Waals surface area contributed by atoms with Crippen molar-refractivity contribution in [2.45, 2.75) is 38.2 Å². The topological polar surface area (TPSA) is 84.0 Å². The van der Waals surface area contributed by atoms with Gasteiger partial charge in [-0.15, -0.1) is 0 Å². The van der Waals surface area contributed by atoms with E-state index in [0.717, 1.165) is 0 Å². The van der Waals surface area contributed by atoms with Gasteiger partial charge in [-0.25, -0.2) is 8.42 Å². The van der Waals surface area contributed by atoms with E-state index in [2.05, 4.69) is 0 Å². The van der Waals surface area contributed by atoms with Crippen LogP contribution >= 0.6 is 0 Å². The molecule has 0 saturated carbocycles. The number of hydrogen-bond donors (Lipinski definition) is 0. The van der Waals surface area contributed by atoms with Crippen LogP contribution < -0.4 is 4.74 Å². The summed E-state index contributed by atoms with van der Waals surface area (Å²) in [5, 5.41) is 0. The summed E-state index contributed by atoms with van der Waals surface area (Å²) >= 11 is 0. The normalized spacial score (nSPS) is 15.2. The first kappa shape index (κ1) is 20.2. The average Bonchev–Trinajstić information content (AvgIpc) is 2.60. The number of hydrogen-bond acceptors (Lipinski definition) is 5. The van der Waals surface area contributed by atoms with Crippen molar-refractivity contribution in [1.82, 2.24) is 9.80 Å². The monoisotopic (exact) mass is 382 g/mol. The second-order valence-corrected chi connectivity index (χ2v) is 8.70. The quantitative estimate of drug-likeness (QED) is 0.741. The molecule has 1 aliphatic heterocycles. The molecule has 1 aromatic carbocycles. The molecule has 0 radical (unpaired) electrons. The average molecular weight is 382 g/mol. The van der Waals surface area contributed by atoms with Crippen LogP contribution in [-0.2, 0) is 19.4 Å². The molecular weight excluding hydrogens is 356 g/mol. The molecule has 8 heteroatoms. The van der Waals surface area contributed by atoms with Crippen molar-refractivity contribution in [3.63, 3.8) is 0 Å². The minimum absolute atomic E-state index is 0.00966. The summed E-state index contributed by atoms with van der Waals surface area (Å²) in [6, 6.07) is 6.25. The highest BCUT2D eigenvalue weighted by atomic mass is 32.2. The summed E-state index contributed by atoms with van der Waals surface area (Å²) in [6.45, 7) is 7.16. The van der Waals surface area contributed by atoms with E-state index in [4.69, 9.17) is 4.74 Å². The fourth-order valence-electron chi connectivity index (χ4n) is 2.77. The van der Waals surface area contributed by atoms with Crippen LogP contribution in [0.3, 0.4) is 0 Å². The zero-order chi connectivity index (χ0) is 19.3. The first-order valence-electron chi connectivity index (χ1n) is 8.72. The van der Waals surface area contributed by atoms with Crippen LogP contribution in [0.25, 0.3) is 0 Å². The lowest BCUT2D eigenvalue weighted by atomic mass is 10.3. The number of nitrogens with zero attached hydrogens (tertiary/aromatic N) is 2. The molecule has 1 fully saturated rings. The molecular formula is C18H26N2O5S. The van der Waals surface area contributed by atoms with Gasteiger partial charge in [0.1, 0.15) is 5.75 Å². The molecule has 26 heavy (non-hydrogen) atoms. The Kier molecular flexibility index (Phi) is 6.63. The van der Waals surface area contributed by atoms with Gasteiger partial charge < -0.3 is 14.5 Å². The number of piperazine rings is 1. The Morgan fingerprint density at radius 1 is 1.04 bits per heavy atom. The van der Waals surface area contributed by atoms with Gasteiger partial charge in [-0.1, -0.05) is 0 Å². The Balaban J connectivity index is 1.89. The van der Waals surface area contributed by atoms with Crippen LogP contribution in [0.1, 0.15) is 27.2 Å². The van der Waals surface area contributed by atoms with E-state index in [1.807, 2.05) is 13.8 Å². The molecule has 0 unspecified atom stereocenters. The fraction of sp³-hybridized carbons (Fsp3) is 0.556. The highest BCUT2D eigenvalue weighted by Crippen LogP contribution is 2.19. The molecule has 2 amide bonds. The number of carbonyl (C=O) groups excluding carboxylic acids is 2. The second kappa shape index (κ2) is 8.53. The molecule has 1 aromatic rings. The van der Waals surface area contributed by atoms with Gasteiger partial charge in [0.25, 0.3) is 0 Å².